The molecule has 0 aliphatic carbocycles. The van der Waals surface area contributed by atoms with Crippen molar-refractivity contribution in [3.05, 3.63) is 93.7 Å². The molecule has 27 heavy (non-hydrogen) atoms. The van der Waals surface area contributed by atoms with Crippen LogP contribution in [0.1, 0.15) is 5.56 Å². The summed E-state index contributed by atoms with van der Waals surface area (Å²) in [6.07, 6.45) is 0. The molecular formula is C21H13ClN4O. The van der Waals surface area contributed by atoms with Crippen LogP contribution in [-0.2, 0) is 0 Å². The van der Waals surface area contributed by atoms with Crippen molar-refractivity contribution in [3.63, 3.8) is 0 Å². The van der Waals surface area contributed by atoms with E-state index in [9.17, 15) is 4.79 Å². The van der Waals surface area contributed by atoms with Gasteiger partial charge in [0.1, 0.15) is 0 Å². The lowest BCUT2D eigenvalue weighted by molar-refractivity contribution is 0.974. The van der Waals surface area contributed by atoms with Crippen LogP contribution >= 0.6 is 11.6 Å². The van der Waals surface area contributed by atoms with Crippen LogP contribution in [0.2, 0.25) is 5.02 Å². The van der Waals surface area contributed by atoms with Gasteiger partial charge in [-0.15, -0.1) is 0 Å². The monoisotopic (exact) mass is 372 g/mol. The van der Waals surface area contributed by atoms with Gasteiger partial charge in [0.15, 0.2) is 0 Å². The Hall–Kier alpha value is -3.62. The summed E-state index contributed by atoms with van der Waals surface area (Å²) in [5.74, 6) is 0.380. The van der Waals surface area contributed by atoms with Gasteiger partial charge in [0, 0.05) is 10.7 Å². The second-order valence-electron chi connectivity index (χ2n) is 5.89. The lowest BCUT2D eigenvalue weighted by Crippen LogP contribution is -2.22. The maximum Gasteiger partial charge on any atom is 0.267 e. The Morgan fingerprint density at radius 1 is 1.00 bits per heavy atom. The summed E-state index contributed by atoms with van der Waals surface area (Å²) in [6.45, 7) is 0. The molecule has 6 heteroatoms. The van der Waals surface area contributed by atoms with Gasteiger partial charge in [-0.25, -0.2) is 9.55 Å². The fourth-order valence-corrected chi connectivity index (χ4v) is 2.99. The zero-order valence-corrected chi connectivity index (χ0v) is 14.8. The zero-order valence-electron chi connectivity index (χ0n) is 14.1. The third-order valence-corrected chi connectivity index (χ3v) is 4.35. The number of halogens is 1. The van der Waals surface area contributed by atoms with Gasteiger partial charge in [0.25, 0.3) is 5.56 Å². The SMILES string of the molecule is N#Cc1ccc(-n2c(Nc3ccccc3)nc3ccc(Cl)cc3c2=O)cc1. The molecule has 0 spiro atoms. The van der Waals surface area contributed by atoms with E-state index in [1.165, 1.54) is 4.57 Å². The van der Waals surface area contributed by atoms with Crippen LogP contribution in [0.4, 0.5) is 11.6 Å². The number of anilines is 2. The van der Waals surface area contributed by atoms with Gasteiger partial charge >= 0.3 is 0 Å². The maximum atomic E-state index is 13.2. The molecule has 4 rings (SSSR count). The number of nitrogens with one attached hydrogen (secondary N) is 1. The normalized spacial score (nSPS) is 10.5. The van der Waals surface area contributed by atoms with Crippen molar-refractivity contribution < 1.29 is 0 Å². The molecule has 0 saturated carbocycles. The number of nitrogens with zero attached hydrogens (tertiary/aromatic N) is 3. The van der Waals surface area contributed by atoms with Gasteiger partial charge in [0.2, 0.25) is 5.95 Å². The molecule has 130 valence electrons. The van der Waals surface area contributed by atoms with Crippen molar-refractivity contribution in [2.45, 2.75) is 0 Å². The predicted molar refractivity (Wildman–Crippen MR) is 107 cm³/mol. The van der Waals surface area contributed by atoms with E-state index in [4.69, 9.17) is 16.9 Å². The van der Waals surface area contributed by atoms with Gasteiger partial charge in [-0.3, -0.25) is 4.79 Å². The fourth-order valence-electron chi connectivity index (χ4n) is 2.82. The van der Waals surface area contributed by atoms with Crippen LogP contribution in [0.5, 0.6) is 0 Å². The molecule has 1 aromatic heterocycles. The lowest BCUT2D eigenvalue weighted by Gasteiger charge is -2.15. The Morgan fingerprint density at radius 3 is 2.44 bits per heavy atom. The summed E-state index contributed by atoms with van der Waals surface area (Å²) < 4.78 is 1.48. The van der Waals surface area contributed by atoms with Crippen LogP contribution in [0, 0.1) is 11.3 Å². The second-order valence-corrected chi connectivity index (χ2v) is 6.32. The largest absolute Gasteiger partial charge is 0.325 e. The standard InChI is InChI=1S/C21H13ClN4O/c22-15-8-11-19-18(12-15)20(27)26(17-9-6-14(13-23)7-10-17)21(25-19)24-16-4-2-1-3-5-16/h1-12H,(H,24,25). The molecule has 4 aromatic rings. The van der Waals surface area contributed by atoms with Gasteiger partial charge in [-0.2, -0.15) is 5.26 Å². The van der Waals surface area contributed by atoms with E-state index >= 15 is 0 Å². The number of rotatable bonds is 3. The Labute approximate surface area is 160 Å². The van der Waals surface area contributed by atoms with Gasteiger partial charge in [-0.1, -0.05) is 29.8 Å². The molecule has 0 radical (unpaired) electrons. The third kappa shape index (κ3) is 3.26. The molecule has 1 N–H and O–H groups in total. The summed E-state index contributed by atoms with van der Waals surface area (Å²) in [5.41, 5.74) is 2.23. The van der Waals surface area contributed by atoms with Crippen LogP contribution in [0.25, 0.3) is 16.6 Å². The van der Waals surface area contributed by atoms with Crippen molar-refractivity contribution in [1.82, 2.24) is 9.55 Å². The minimum atomic E-state index is -0.245. The predicted octanol–water partition coefficient (Wildman–Crippen LogP) is 4.65. The summed E-state index contributed by atoms with van der Waals surface area (Å²) in [7, 11) is 0. The van der Waals surface area contributed by atoms with Crippen molar-refractivity contribution in [3.8, 4) is 11.8 Å². The van der Waals surface area contributed by atoms with Crippen molar-refractivity contribution >= 4 is 34.1 Å². The number of hydrogen-bond donors (Lipinski definition) is 1. The highest BCUT2D eigenvalue weighted by molar-refractivity contribution is 6.31. The van der Waals surface area contributed by atoms with Gasteiger partial charge < -0.3 is 5.32 Å². The maximum absolute atomic E-state index is 13.2. The van der Waals surface area contributed by atoms with E-state index in [0.717, 1.165) is 5.69 Å². The van der Waals surface area contributed by atoms with E-state index in [0.29, 0.717) is 33.1 Å². The summed E-state index contributed by atoms with van der Waals surface area (Å²) in [6, 6.07) is 23.4. The first-order valence-corrected chi connectivity index (χ1v) is 8.58. The Morgan fingerprint density at radius 2 is 1.74 bits per heavy atom. The number of para-hydroxylation sites is 1. The lowest BCUT2D eigenvalue weighted by atomic mass is 10.2. The number of hydrogen-bond acceptors (Lipinski definition) is 4. The highest BCUT2D eigenvalue weighted by atomic mass is 35.5. The first-order valence-electron chi connectivity index (χ1n) is 8.20. The average Bonchev–Trinajstić information content (AvgIpc) is 2.70. The average molecular weight is 373 g/mol. The molecular weight excluding hydrogens is 360 g/mol. The first-order chi connectivity index (χ1) is 13.2. The minimum absolute atomic E-state index is 0.245. The molecule has 0 fully saturated rings. The number of aromatic nitrogens is 2. The van der Waals surface area contributed by atoms with E-state index in [2.05, 4.69) is 16.4 Å². The van der Waals surface area contributed by atoms with Crippen molar-refractivity contribution in [2.75, 3.05) is 5.32 Å². The summed E-state index contributed by atoms with van der Waals surface area (Å²) in [4.78, 5) is 17.8. The molecule has 0 aliphatic rings. The number of fused-ring (bicyclic) bond motifs is 1. The van der Waals surface area contributed by atoms with Crippen LogP contribution in [0.3, 0.4) is 0 Å². The topological polar surface area (TPSA) is 70.7 Å². The van der Waals surface area contributed by atoms with Crippen molar-refractivity contribution in [2.24, 2.45) is 0 Å². The van der Waals surface area contributed by atoms with Crippen LogP contribution in [0.15, 0.2) is 77.6 Å². The molecule has 0 bridgehead atoms. The second kappa shape index (κ2) is 6.94. The van der Waals surface area contributed by atoms with E-state index in [1.54, 1.807) is 42.5 Å². The molecule has 0 aliphatic heterocycles. The van der Waals surface area contributed by atoms with E-state index in [-0.39, 0.29) is 5.56 Å². The quantitative estimate of drug-likeness (QED) is 0.568. The molecule has 0 unspecified atom stereocenters. The van der Waals surface area contributed by atoms with Crippen LogP contribution in [-0.4, -0.2) is 9.55 Å². The molecule has 1 heterocycles. The smallest absolute Gasteiger partial charge is 0.267 e. The van der Waals surface area contributed by atoms with Crippen molar-refractivity contribution in [1.29, 1.82) is 5.26 Å². The highest BCUT2D eigenvalue weighted by Crippen LogP contribution is 2.22. The van der Waals surface area contributed by atoms with Crippen LogP contribution < -0.4 is 10.9 Å². The Balaban J connectivity index is 1.97. The summed E-state index contributed by atoms with van der Waals surface area (Å²) >= 11 is 6.07. The van der Waals surface area contributed by atoms with E-state index in [1.807, 2.05) is 30.3 Å². The molecule has 0 atom stereocenters. The Kier molecular flexibility index (Phi) is 4.33. The zero-order chi connectivity index (χ0) is 18.8. The van der Waals surface area contributed by atoms with Gasteiger partial charge in [0.05, 0.1) is 28.2 Å². The molecule has 5 nitrogen and oxygen atoms in total. The highest BCUT2D eigenvalue weighted by Gasteiger charge is 2.13. The van der Waals surface area contributed by atoms with E-state index < -0.39 is 0 Å². The number of nitriles is 1. The first kappa shape index (κ1) is 16.8. The fraction of sp³-hybridized carbons (Fsp3) is 0. The summed E-state index contributed by atoms with van der Waals surface area (Å²) in [5, 5.41) is 13.1. The molecule has 3 aromatic carbocycles. The number of benzene rings is 3. The Bertz CT molecular complexity index is 1230. The molecule has 0 saturated heterocycles. The minimum Gasteiger partial charge on any atom is -0.325 e. The molecule has 0 amide bonds. The van der Waals surface area contributed by atoms with Gasteiger partial charge in [-0.05, 0) is 54.6 Å². The third-order valence-electron chi connectivity index (χ3n) is 4.11.